The number of imidazole rings is 1. The van der Waals surface area contributed by atoms with Gasteiger partial charge in [0.15, 0.2) is 0 Å². The molecule has 0 aliphatic heterocycles. The van der Waals surface area contributed by atoms with Crippen molar-refractivity contribution < 1.29 is 0 Å². The van der Waals surface area contributed by atoms with Crippen molar-refractivity contribution in [1.29, 1.82) is 0 Å². The lowest BCUT2D eigenvalue weighted by molar-refractivity contribution is 0.554. The van der Waals surface area contributed by atoms with Crippen molar-refractivity contribution in [2.45, 2.75) is 32.7 Å². The minimum absolute atomic E-state index is 0.0383. The van der Waals surface area contributed by atoms with Gasteiger partial charge in [-0.05, 0) is 23.8 Å². The zero-order valence-electron chi connectivity index (χ0n) is 12.8. The summed E-state index contributed by atoms with van der Waals surface area (Å²) in [6, 6.07) is 16.7. The summed E-state index contributed by atoms with van der Waals surface area (Å²) in [5, 5.41) is 3.45. The van der Waals surface area contributed by atoms with Gasteiger partial charge in [0.2, 0.25) is 0 Å². The van der Waals surface area contributed by atoms with Crippen LogP contribution in [0.1, 0.15) is 32.2 Å². The number of aromatic amines is 1. The smallest absolute Gasteiger partial charge is 0.112 e. The van der Waals surface area contributed by atoms with E-state index in [4.69, 9.17) is 0 Å². The number of nitrogens with zero attached hydrogens (tertiary/aromatic N) is 1. The Labute approximate surface area is 125 Å². The molecule has 1 heterocycles. The number of fused-ring (bicyclic) bond motifs is 1. The van der Waals surface area contributed by atoms with Gasteiger partial charge in [0, 0.05) is 17.6 Å². The summed E-state index contributed by atoms with van der Waals surface area (Å²) in [4.78, 5) is 8.08. The Morgan fingerprint density at radius 1 is 1.05 bits per heavy atom. The quantitative estimate of drug-likeness (QED) is 0.742. The van der Waals surface area contributed by atoms with Crippen molar-refractivity contribution in [3.8, 4) is 0 Å². The summed E-state index contributed by atoms with van der Waals surface area (Å²) >= 11 is 0. The molecule has 108 valence electrons. The summed E-state index contributed by atoms with van der Waals surface area (Å²) in [5.41, 5.74) is 4.52. The molecule has 0 fully saturated rings. The van der Waals surface area contributed by atoms with Crippen LogP contribution in [0.25, 0.3) is 11.0 Å². The maximum absolute atomic E-state index is 4.66. The predicted octanol–water partition coefficient (Wildman–Crippen LogP) is 4.47. The molecule has 3 heteroatoms. The van der Waals surface area contributed by atoms with Crippen LogP contribution in [0.3, 0.4) is 0 Å². The van der Waals surface area contributed by atoms with Gasteiger partial charge in [-0.25, -0.2) is 4.98 Å². The van der Waals surface area contributed by atoms with E-state index in [1.54, 1.807) is 0 Å². The first-order valence-corrected chi connectivity index (χ1v) is 7.30. The van der Waals surface area contributed by atoms with Crippen molar-refractivity contribution in [1.82, 2.24) is 9.97 Å². The molecule has 0 aliphatic carbocycles. The fraction of sp³-hybridized carbons (Fsp3) is 0.278. The molecule has 0 atom stereocenters. The maximum atomic E-state index is 4.66. The average Bonchev–Trinajstić information content (AvgIpc) is 2.89. The van der Waals surface area contributed by atoms with Crippen molar-refractivity contribution in [2.24, 2.45) is 0 Å². The Bertz CT molecular complexity index is 736. The van der Waals surface area contributed by atoms with Gasteiger partial charge in [0.05, 0.1) is 11.0 Å². The Hall–Kier alpha value is -2.29. The first-order chi connectivity index (χ1) is 10.0. The minimum Gasteiger partial charge on any atom is -0.381 e. The van der Waals surface area contributed by atoms with Gasteiger partial charge < -0.3 is 10.3 Å². The van der Waals surface area contributed by atoms with Crippen molar-refractivity contribution >= 4 is 16.7 Å². The third kappa shape index (κ3) is 3.07. The molecule has 3 rings (SSSR count). The summed E-state index contributed by atoms with van der Waals surface area (Å²) in [5.74, 6) is 1.03. The van der Waals surface area contributed by atoms with Crippen LogP contribution in [-0.2, 0) is 12.0 Å². The highest BCUT2D eigenvalue weighted by Crippen LogP contribution is 2.24. The lowest BCUT2D eigenvalue weighted by atomic mass is 9.96. The standard InChI is InChI=1S/C18H21N3/c1-18(2,3)17-20-15-10-9-14(11-16(15)21-17)19-12-13-7-5-4-6-8-13/h4-11,19H,12H2,1-3H3,(H,20,21). The summed E-state index contributed by atoms with van der Waals surface area (Å²) in [6.45, 7) is 7.32. The minimum atomic E-state index is 0.0383. The number of H-pyrrole nitrogens is 1. The fourth-order valence-electron chi connectivity index (χ4n) is 2.27. The first-order valence-electron chi connectivity index (χ1n) is 7.30. The molecule has 21 heavy (non-hydrogen) atoms. The second-order valence-electron chi connectivity index (χ2n) is 6.41. The number of hydrogen-bond acceptors (Lipinski definition) is 2. The van der Waals surface area contributed by atoms with Gasteiger partial charge in [0.1, 0.15) is 5.82 Å². The van der Waals surface area contributed by atoms with E-state index in [-0.39, 0.29) is 5.41 Å². The van der Waals surface area contributed by atoms with E-state index in [0.717, 1.165) is 29.1 Å². The highest BCUT2D eigenvalue weighted by atomic mass is 14.9. The van der Waals surface area contributed by atoms with Crippen LogP contribution in [0.5, 0.6) is 0 Å². The van der Waals surface area contributed by atoms with Crippen molar-refractivity contribution in [3.63, 3.8) is 0 Å². The molecule has 0 saturated carbocycles. The fourth-order valence-corrected chi connectivity index (χ4v) is 2.27. The largest absolute Gasteiger partial charge is 0.381 e. The molecular weight excluding hydrogens is 258 g/mol. The molecule has 0 saturated heterocycles. The molecule has 0 amide bonds. The molecule has 0 bridgehead atoms. The van der Waals surface area contributed by atoms with Crippen LogP contribution in [-0.4, -0.2) is 9.97 Å². The van der Waals surface area contributed by atoms with E-state index in [9.17, 15) is 0 Å². The van der Waals surface area contributed by atoms with Gasteiger partial charge in [-0.1, -0.05) is 51.1 Å². The summed E-state index contributed by atoms with van der Waals surface area (Å²) in [7, 11) is 0. The lowest BCUT2D eigenvalue weighted by Crippen LogP contribution is -2.12. The number of hydrogen-bond donors (Lipinski definition) is 2. The van der Waals surface area contributed by atoms with Gasteiger partial charge in [-0.15, -0.1) is 0 Å². The molecular formula is C18H21N3. The molecule has 0 aliphatic rings. The Morgan fingerprint density at radius 3 is 2.52 bits per heavy atom. The zero-order valence-corrected chi connectivity index (χ0v) is 12.8. The van der Waals surface area contributed by atoms with Gasteiger partial charge in [-0.2, -0.15) is 0 Å². The third-order valence-corrected chi connectivity index (χ3v) is 3.53. The van der Waals surface area contributed by atoms with Crippen LogP contribution in [0, 0.1) is 0 Å². The molecule has 0 spiro atoms. The highest BCUT2D eigenvalue weighted by molar-refractivity contribution is 5.79. The van der Waals surface area contributed by atoms with Gasteiger partial charge in [0.25, 0.3) is 0 Å². The van der Waals surface area contributed by atoms with Crippen LogP contribution in [0.4, 0.5) is 5.69 Å². The van der Waals surface area contributed by atoms with E-state index >= 15 is 0 Å². The Balaban J connectivity index is 1.81. The SMILES string of the molecule is CC(C)(C)c1nc2ccc(NCc3ccccc3)cc2[nH]1. The topological polar surface area (TPSA) is 40.7 Å². The Morgan fingerprint density at radius 2 is 1.81 bits per heavy atom. The molecule has 0 radical (unpaired) electrons. The van der Waals surface area contributed by atoms with E-state index < -0.39 is 0 Å². The van der Waals surface area contributed by atoms with Gasteiger partial charge in [-0.3, -0.25) is 0 Å². The second-order valence-corrected chi connectivity index (χ2v) is 6.41. The summed E-state index contributed by atoms with van der Waals surface area (Å²) < 4.78 is 0. The van der Waals surface area contributed by atoms with Crippen LogP contribution >= 0.6 is 0 Å². The van der Waals surface area contributed by atoms with Crippen molar-refractivity contribution in [3.05, 3.63) is 59.9 Å². The van der Waals surface area contributed by atoms with Crippen LogP contribution in [0.2, 0.25) is 0 Å². The average molecular weight is 279 g/mol. The predicted molar refractivity (Wildman–Crippen MR) is 88.6 cm³/mol. The molecule has 3 aromatic rings. The second kappa shape index (κ2) is 5.24. The number of aromatic nitrogens is 2. The van der Waals surface area contributed by atoms with E-state index in [2.05, 4.69) is 78.5 Å². The molecule has 0 unspecified atom stereocenters. The zero-order chi connectivity index (χ0) is 14.9. The lowest BCUT2D eigenvalue weighted by Gasteiger charge is -2.13. The highest BCUT2D eigenvalue weighted by Gasteiger charge is 2.18. The number of benzene rings is 2. The molecule has 2 aromatic carbocycles. The Kier molecular flexibility index (Phi) is 3.42. The summed E-state index contributed by atoms with van der Waals surface area (Å²) in [6.07, 6.45) is 0. The molecule has 2 N–H and O–H groups in total. The first kappa shape index (κ1) is 13.7. The number of rotatable bonds is 3. The van der Waals surface area contributed by atoms with Crippen molar-refractivity contribution in [2.75, 3.05) is 5.32 Å². The monoisotopic (exact) mass is 279 g/mol. The van der Waals surface area contributed by atoms with E-state index in [1.807, 2.05) is 6.07 Å². The van der Waals surface area contributed by atoms with E-state index in [0.29, 0.717) is 0 Å². The number of nitrogens with one attached hydrogen (secondary N) is 2. The number of anilines is 1. The third-order valence-electron chi connectivity index (χ3n) is 3.53. The maximum Gasteiger partial charge on any atom is 0.112 e. The molecule has 1 aromatic heterocycles. The van der Waals surface area contributed by atoms with E-state index in [1.165, 1.54) is 5.56 Å². The van der Waals surface area contributed by atoms with Crippen LogP contribution < -0.4 is 5.32 Å². The van der Waals surface area contributed by atoms with Gasteiger partial charge >= 0.3 is 0 Å². The van der Waals surface area contributed by atoms with Crippen LogP contribution in [0.15, 0.2) is 48.5 Å². The normalized spacial score (nSPS) is 11.8. The molecule has 3 nitrogen and oxygen atoms in total.